The Hall–Kier alpha value is -3.38. The summed E-state index contributed by atoms with van der Waals surface area (Å²) < 4.78 is 49.3. The summed E-state index contributed by atoms with van der Waals surface area (Å²) in [5, 5.41) is 50.7. The van der Waals surface area contributed by atoms with Gasteiger partial charge in [0.05, 0.1) is 12.7 Å². The Balaban J connectivity index is 2.66. The van der Waals surface area contributed by atoms with Crippen molar-refractivity contribution in [2.45, 2.75) is 172 Å². The number of aliphatic hydroxyl groups is 5. The van der Waals surface area contributed by atoms with Crippen LogP contribution in [0, 0.1) is 0 Å². The van der Waals surface area contributed by atoms with E-state index in [2.05, 4.69) is 72.2 Å². The van der Waals surface area contributed by atoms with Gasteiger partial charge < -0.3 is 49.7 Å². The molecule has 1 rings (SSSR count). The van der Waals surface area contributed by atoms with E-state index in [1.807, 2.05) is 49.5 Å². The maximum Gasteiger partial charge on any atom is 0.472 e. The maximum absolute atomic E-state index is 13.0. The number of hydrogen-bond donors (Lipinski definition) is 8. The molecule has 19 heteroatoms. The monoisotopic (exact) mass is 1000 g/mol. The minimum Gasteiger partial charge on any atom is -0.462 e. The zero-order chi connectivity index (χ0) is 50.5. The molecule has 0 saturated heterocycles. The molecule has 386 valence electrons. The van der Waals surface area contributed by atoms with E-state index in [4.69, 9.17) is 18.5 Å². The van der Waals surface area contributed by atoms with Crippen LogP contribution in [0.4, 0.5) is 0 Å². The highest BCUT2D eigenvalue weighted by Gasteiger charge is 2.54. The van der Waals surface area contributed by atoms with Crippen LogP contribution in [0.3, 0.4) is 0 Å². The molecule has 68 heavy (non-hydrogen) atoms. The van der Waals surface area contributed by atoms with Crippen LogP contribution in [0.5, 0.6) is 0 Å². The predicted octanol–water partition coefficient (Wildman–Crippen LogP) is 7.92. The fourth-order valence-corrected chi connectivity index (χ4v) is 7.78. The van der Waals surface area contributed by atoms with Crippen molar-refractivity contribution in [1.29, 1.82) is 0 Å². The van der Waals surface area contributed by atoms with Crippen molar-refractivity contribution in [3.8, 4) is 0 Å². The van der Waals surface area contributed by atoms with Gasteiger partial charge in [0, 0.05) is 12.8 Å². The normalized spacial score (nSPS) is 22.7. The number of esters is 2. The van der Waals surface area contributed by atoms with Gasteiger partial charge in [0.25, 0.3) is 0 Å². The molecule has 0 amide bonds. The molecule has 0 aromatic heterocycles. The Morgan fingerprint density at radius 2 is 1.03 bits per heavy atom. The van der Waals surface area contributed by atoms with Gasteiger partial charge in [-0.1, -0.05) is 136 Å². The van der Waals surface area contributed by atoms with Gasteiger partial charge in [-0.05, 0) is 83.5 Å². The molecule has 0 aromatic rings. The summed E-state index contributed by atoms with van der Waals surface area (Å²) in [6, 6.07) is 0. The Morgan fingerprint density at radius 3 is 1.57 bits per heavy atom. The van der Waals surface area contributed by atoms with Crippen LogP contribution >= 0.6 is 15.6 Å². The fraction of sp³-hybridized carbons (Fsp3) is 0.592. The van der Waals surface area contributed by atoms with Crippen LogP contribution in [0.15, 0.2) is 109 Å². The molecule has 0 radical (unpaired) electrons. The van der Waals surface area contributed by atoms with Gasteiger partial charge in [-0.25, -0.2) is 9.13 Å². The first-order chi connectivity index (χ1) is 32.5. The summed E-state index contributed by atoms with van der Waals surface area (Å²) in [7, 11) is -10.7. The molecule has 1 saturated carbocycles. The van der Waals surface area contributed by atoms with Crippen molar-refractivity contribution >= 4 is 27.6 Å². The lowest BCUT2D eigenvalue weighted by Gasteiger charge is -2.43. The van der Waals surface area contributed by atoms with Crippen LogP contribution in [0.1, 0.15) is 123 Å². The van der Waals surface area contributed by atoms with Gasteiger partial charge in [-0.2, -0.15) is 0 Å². The summed E-state index contributed by atoms with van der Waals surface area (Å²) in [4.78, 5) is 54.3. The maximum atomic E-state index is 13.0. The van der Waals surface area contributed by atoms with Gasteiger partial charge in [0.1, 0.15) is 43.2 Å². The largest absolute Gasteiger partial charge is 0.472 e. The molecule has 0 spiro atoms. The lowest BCUT2D eigenvalue weighted by molar-refractivity contribution is -0.216. The molecule has 0 heterocycles. The number of rotatable bonds is 37. The standard InChI is InChI=1S/C49H78O17P2/c1-3-5-6-7-8-9-10-11-12-13-14-19-22-25-28-31-34-37-43(52)64-41(39-63-68(60,61)66-49-46(55)44(53)45(54)48(47(49)56)65-67(57,58)59)38-62-42(51)36-33-30-27-24-21-18-16-15-17-20-23-26-29-32-35-40(50)4-2/h5-6,8-9,11-12,14,16-20,24,26-27,29,32,35,40-41,44-50,53-56H,3-4,7,10,13,15,21-23,25,28,30-31,33-34,36-39H2,1-2H3,(H,60,61)(H2,57,58,59)/b6-5-,9-8-,12-11-,18-16-,19-14-,20-17-,27-24-,29-26-,35-32+/t40-,41+,44?,45?,46?,47?,48+,49-/m0/s1. The molecule has 0 aliphatic heterocycles. The minimum atomic E-state index is -5.38. The molecular weight excluding hydrogens is 922 g/mol. The third-order valence-corrected chi connectivity index (χ3v) is 11.5. The zero-order valence-electron chi connectivity index (χ0n) is 39.6. The number of carbonyl (C=O) groups is 2. The van der Waals surface area contributed by atoms with Crippen LogP contribution < -0.4 is 0 Å². The summed E-state index contributed by atoms with van der Waals surface area (Å²) >= 11 is 0. The second-order valence-electron chi connectivity index (χ2n) is 15.9. The summed E-state index contributed by atoms with van der Waals surface area (Å²) in [5.41, 5.74) is 0. The molecule has 0 bridgehead atoms. The summed E-state index contributed by atoms with van der Waals surface area (Å²) in [6.45, 7) is 2.58. The average molecular weight is 1000 g/mol. The van der Waals surface area contributed by atoms with E-state index < -0.39 is 89.6 Å². The van der Waals surface area contributed by atoms with Gasteiger partial charge in [0.2, 0.25) is 0 Å². The molecule has 5 unspecified atom stereocenters. The number of phosphoric ester groups is 2. The second kappa shape index (κ2) is 38.4. The molecule has 17 nitrogen and oxygen atoms in total. The third-order valence-electron chi connectivity index (χ3n) is 10.00. The number of carbonyl (C=O) groups excluding carboxylic acids is 2. The van der Waals surface area contributed by atoms with E-state index in [0.29, 0.717) is 32.1 Å². The first-order valence-electron chi connectivity index (χ1n) is 23.5. The Morgan fingerprint density at radius 1 is 0.544 bits per heavy atom. The van der Waals surface area contributed by atoms with E-state index in [1.54, 1.807) is 6.08 Å². The lowest BCUT2D eigenvalue weighted by Crippen LogP contribution is -2.64. The van der Waals surface area contributed by atoms with Crippen molar-refractivity contribution in [1.82, 2.24) is 0 Å². The number of ether oxygens (including phenoxy) is 2. The zero-order valence-corrected chi connectivity index (χ0v) is 41.4. The van der Waals surface area contributed by atoms with Gasteiger partial charge >= 0.3 is 27.6 Å². The molecule has 1 fully saturated rings. The van der Waals surface area contributed by atoms with Gasteiger partial charge in [0.15, 0.2) is 6.10 Å². The minimum absolute atomic E-state index is 0.0105. The fourth-order valence-electron chi connectivity index (χ4n) is 6.24. The average Bonchev–Trinajstić information content (AvgIpc) is 3.29. The van der Waals surface area contributed by atoms with E-state index in [1.165, 1.54) is 0 Å². The first kappa shape index (κ1) is 62.6. The highest BCUT2D eigenvalue weighted by atomic mass is 31.2. The summed E-state index contributed by atoms with van der Waals surface area (Å²) in [5.74, 6) is -1.33. The highest BCUT2D eigenvalue weighted by Crippen LogP contribution is 2.49. The third kappa shape index (κ3) is 32.4. The van der Waals surface area contributed by atoms with Crippen LogP contribution in [-0.2, 0) is 41.8 Å². The predicted molar refractivity (Wildman–Crippen MR) is 261 cm³/mol. The Labute approximate surface area is 402 Å². The first-order valence-corrected chi connectivity index (χ1v) is 26.6. The summed E-state index contributed by atoms with van der Waals surface area (Å²) in [6.07, 6.45) is 32.8. The van der Waals surface area contributed by atoms with E-state index >= 15 is 0 Å². The molecular formula is C49H78O17P2. The number of allylic oxidation sites excluding steroid dienone is 17. The number of unbranched alkanes of at least 4 members (excludes halogenated alkanes) is 5. The van der Waals surface area contributed by atoms with Crippen LogP contribution in [0.2, 0.25) is 0 Å². The molecule has 1 aliphatic carbocycles. The molecule has 9 atom stereocenters. The SMILES string of the molecule is CC/C=C\C/C=C\C/C=C\C/C=C\CCCCCCC(=O)O[C@H](COC(=O)CCC/C=C\C/C=C\C/C=C\C/C=C\C=C\[C@@H](O)CC)COP(=O)(O)O[C@H]1C(O)C(O)C(O)[C@@H](OP(=O)(O)O)C1O. The Kier molecular flexibility index (Phi) is 35.4. The quantitative estimate of drug-likeness (QED) is 0.00965. The van der Waals surface area contributed by atoms with Crippen LogP contribution in [0.25, 0.3) is 0 Å². The van der Waals surface area contributed by atoms with Crippen molar-refractivity contribution in [3.63, 3.8) is 0 Å². The topological polar surface area (TPSA) is 276 Å². The van der Waals surface area contributed by atoms with Gasteiger partial charge in [-0.15, -0.1) is 0 Å². The second-order valence-corrected chi connectivity index (χ2v) is 18.5. The highest BCUT2D eigenvalue weighted by molar-refractivity contribution is 7.47. The van der Waals surface area contributed by atoms with Crippen molar-refractivity contribution in [2.24, 2.45) is 0 Å². The van der Waals surface area contributed by atoms with Gasteiger partial charge in [-0.3, -0.25) is 23.2 Å². The van der Waals surface area contributed by atoms with Crippen molar-refractivity contribution < 1.29 is 82.0 Å². The van der Waals surface area contributed by atoms with E-state index in [0.717, 1.165) is 64.2 Å². The van der Waals surface area contributed by atoms with Crippen molar-refractivity contribution in [3.05, 3.63) is 109 Å². The lowest BCUT2D eigenvalue weighted by atomic mass is 9.85. The van der Waals surface area contributed by atoms with Crippen molar-refractivity contribution in [2.75, 3.05) is 13.2 Å². The number of phosphoric acid groups is 2. The Bertz CT molecular complexity index is 1750. The van der Waals surface area contributed by atoms with E-state index in [9.17, 15) is 58.9 Å². The number of hydrogen-bond acceptors (Lipinski definition) is 14. The smallest absolute Gasteiger partial charge is 0.462 e. The van der Waals surface area contributed by atoms with Crippen LogP contribution in [-0.4, -0.2) is 114 Å². The molecule has 0 aromatic carbocycles. The molecule has 1 aliphatic rings. The van der Waals surface area contributed by atoms with E-state index in [-0.39, 0.29) is 12.8 Å². The molecule has 8 N–H and O–H groups in total. The number of aliphatic hydroxyl groups excluding tert-OH is 5.